The Bertz CT molecular complexity index is 2810. The van der Waals surface area contributed by atoms with Gasteiger partial charge in [-0.15, -0.1) is 0 Å². The number of hydrogen-bond acceptors (Lipinski definition) is 14. The Kier molecular flexibility index (Phi) is 13.4. The molecule has 16 nitrogen and oxygen atoms in total. The maximum atomic E-state index is 13.1. The molecular formula is C49H52N10O6. The summed E-state index contributed by atoms with van der Waals surface area (Å²) < 4.78 is 0. The van der Waals surface area contributed by atoms with E-state index in [-0.39, 0.29) is 38.2 Å². The number of aryl methyl sites for hydroxylation is 1. The van der Waals surface area contributed by atoms with E-state index >= 15 is 0 Å². The summed E-state index contributed by atoms with van der Waals surface area (Å²) in [5, 5.41) is 39.5. The van der Waals surface area contributed by atoms with Crippen LogP contribution in [0.2, 0.25) is 0 Å². The lowest BCUT2D eigenvalue weighted by Gasteiger charge is -2.35. The van der Waals surface area contributed by atoms with E-state index < -0.39 is 0 Å². The molecule has 0 spiro atoms. The standard InChI is InChI=1S/C27H27N5O3.C22H25N5O3/c28-25-23-14-21(16-33)22(17-34)15-24(23)29-27(30-25)32-12-10-31(11-13-32)26(35)20-8-6-19(7-9-20)18-4-2-1-3-5-18;1-14-2-4-15(5-3-14)21(30)26-6-8-27(9-7-26)22-24-19-11-17(13-29)16(12-28)10-18(19)20(23)25-22/h1-9,14-15,33-34H,10-13,16-17H2,(H2,28,29,30);2-5,10-11,28-29H,6-9,12-13H2,1H3,(H2,23,24,25). The quantitative estimate of drug-likeness (QED) is 0.119. The predicted molar refractivity (Wildman–Crippen MR) is 251 cm³/mol. The maximum Gasteiger partial charge on any atom is 0.253 e. The molecule has 2 amide bonds. The van der Waals surface area contributed by atoms with Crippen LogP contribution in [0, 0.1) is 6.92 Å². The van der Waals surface area contributed by atoms with E-state index in [1.165, 1.54) is 0 Å². The van der Waals surface area contributed by atoms with Crippen molar-refractivity contribution in [2.75, 3.05) is 73.6 Å². The van der Waals surface area contributed by atoms with Gasteiger partial charge in [-0.3, -0.25) is 9.59 Å². The van der Waals surface area contributed by atoms with Crippen LogP contribution in [0.4, 0.5) is 23.5 Å². The highest BCUT2D eigenvalue weighted by Gasteiger charge is 2.26. The Morgan fingerprint density at radius 1 is 0.492 bits per heavy atom. The second kappa shape index (κ2) is 19.7. The SMILES string of the molecule is Cc1ccc(C(=O)N2CCN(c3nc(N)c4cc(CO)c(CO)cc4n3)CC2)cc1.Nc1nc(N2CCN(C(=O)c3ccc(-c4ccccc4)cc3)CC2)nc2cc(CO)c(CO)cc12. The number of fused-ring (bicyclic) bond motifs is 2. The third kappa shape index (κ3) is 9.66. The number of aliphatic hydroxyl groups is 4. The summed E-state index contributed by atoms with van der Waals surface area (Å²) in [5.41, 5.74) is 20.7. The van der Waals surface area contributed by atoms with E-state index in [1.54, 1.807) is 24.3 Å². The Balaban J connectivity index is 0.000000179. The van der Waals surface area contributed by atoms with Gasteiger partial charge in [-0.05, 0) is 88.8 Å². The summed E-state index contributed by atoms with van der Waals surface area (Å²) >= 11 is 0. The molecule has 2 fully saturated rings. The van der Waals surface area contributed by atoms with Gasteiger partial charge in [0.1, 0.15) is 11.6 Å². The Labute approximate surface area is 376 Å². The van der Waals surface area contributed by atoms with Crippen LogP contribution in [0.5, 0.6) is 0 Å². The highest BCUT2D eigenvalue weighted by molar-refractivity contribution is 5.96. The second-order valence-corrected chi connectivity index (χ2v) is 16.1. The van der Waals surface area contributed by atoms with Gasteiger partial charge >= 0.3 is 0 Å². The number of benzene rings is 5. The van der Waals surface area contributed by atoms with Crippen LogP contribution in [-0.4, -0.2) is 114 Å². The number of aromatic nitrogens is 4. The molecule has 8 N–H and O–H groups in total. The number of carbonyl (C=O) groups excluding carboxylic acids is 2. The lowest BCUT2D eigenvalue weighted by Crippen LogP contribution is -2.49. The van der Waals surface area contributed by atoms with Gasteiger partial charge in [0.2, 0.25) is 11.9 Å². The molecule has 0 saturated carbocycles. The summed E-state index contributed by atoms with van der Waals surface area (Å²) in [4.78, 5) is 51.7. The van der Waals surface area contributed by atoms with Crippen molar-refractivity contribution in [1.82, 2.24) is 29.7 Å². The Morgan fingerprint density at radius 2 is 0.862 bits per heavy atom. The molecular weight excluding hydrogens is 825 g/mol. The topological polar surface area (TPSA) is 232 Å². The Morgan fingerprint density at radius 3 is 1.26 bits per heavy atom. The number of nitrogens with zero attached hydrogens (tertiary/aromatic N) is 8. The number of nitrogens with two attached hydrogens (primary N) is 2. The Hall–Kier alpha value is -7.24. The van der Waals surface area contributed by atoms with E-state index in [0.717, 1.165) is 16.7 Å². The largest absolute Gasteiger partial charge is 0.392 e. The summed E-state index contributed by atoms with van der Waals surface area (Å²) in [7, 11) is 0. The maximum absolute atomic E-state index is 13.1. The number of nitrogen functional groups attached to an aromatic ring is 2. The van der Waals surface area contributed by atoms with Crippen molar-refractivity contribution < 1.29 is 30.0 Å². The van der Waals surface area contributed by atoms with Crippen LogP contribution >= 0.6 is 0 Å². The van der Waals surface area contributed by atoms with E-state index in [2.05, 4.69) is 19.9 Å². The van der Waals surface area contributed by atoms with Crippen molar-refractivity contribution in [1.29, 1.82) is 0 Å². The number of amides is 2. The first kappa shape index (κ1) is 44.4. The number of piperazine rings is 2. The first-order chi connectivity index (χ1) is 31.6. The van der Waals surface area contributed by atoms with Crippen LogP contribution in [0.25, 0.3) is 32.9 Å². The highest BCUT2D eigenvalue weighted by Crippen LogP contribution is 2.28. The molecule has 0 unspecified atom stereocenters. The van der Waals surface area contributed by atoms with Crippen LogP contribution in [-0.2, 0) is 26.4 Å². The number of carbonyl (C=O) groups is 2. The van der Waals surface area contributed by atoms with Crippen molar-refractivity contribution in [3.8, 4) is 11.1 Å². The molecule has 16 heteroatoms. The van der Waals surface area contributed by atoms with Gasteiger partial charge in [-0.25, -0.2) is 9.97 Å². The second-order valence-electron chi connectivity index (χ2n) is 16.1. The number of aliphatic hydroxyl groups excluding tert-OH is 4. The van der Waals surface area contributed by atoms with Gasteiger partial charge in [0.05, 0.1) is 37.5 Å². The van der Waals surface area contributed by atoms with Crippen molar-refractivity contribution in [3.05, 3.63) is 142 Å². The normalized spacial score (nSPS) is 14.1. The molecule has 4 heterocycles. The minimum atomic E-state index is -0.196. The summed E-state index contributed by atoms with van der Waals surface area (Å²) in [6.07, 6.45) is 0. The highest BCUT2D eigenvalue weighted by atomic mass is 16.3. The van der Waals surface area contributed by atoms with Crippen LogP contribution in [0.1, 0.15) is 48.5 Å². The smallest absolute Gasteiger partial charge is 0.253 e. The minimum absolute atomic E-state index is 0.00678. The zero-order chi connectivity index (χ0) is 45.6. The van der Waals surface area contributed by atoms with Crippen molar-refractivity contribution in [3.63, 3.8) is 0 Å². The average molecular weight is 877 g/mol. The van der Waals surface area contributed by atoms with E-state index in [9.17, 15) is 30.0 Å². The molecule has 0 bridgehead atoms. The summed E-state index contributed by atoms with van der Waals surface area (Å²) in [6, 6.07) is 32.3. The number of rotatable bonds is 9. The van der Waals surface area contributed by atoms with Gasteiger partial charge in [0.15, 0.2) is 0 Å². The van der Waals surface area contributed by atoms with Gasteiger partial charge < -0.3 is 51.5 Å². The third-order valence-corrected chi connectivity index (χ3v) is 12.0. The molecule has 0 radical (unpaired) electrons. The molecule has 2 saturated heterocycles. The van der Waals surface area contributed by atoms with E-state index in [4.69, 9.17) is 11.5 Å². The number of anilines is 4. The van der Waals surface area contributed by atoms with E-state index in [0.29, 0.717) is 131 Å². The number of hydrogen-bond donors (Lipinski definition) is 6. The fraction of sp³-hybridized carbons (Fsp3) is 0.265. The molecule has 2 aliphatic rings. The first-order valence-electron chi connectivity index (χ1n) is 21.5. The zero-order valence-corrected chi connectivity index (χ0v) is 36.1. The van der Waals surface area contributed by atoms with Gasteiger partial charge in [-0.2, -0.15) is 9.97 Å². The van der Waals surface area contributed by atoms with Gasteiger partial charge in [0.25, 0.3) is 11.8 Å². The molecule has 2 aliphatic heterocycles. The monoisotopic (exact) mass is 876 g/mol. The third-order valence-electron chi connectivity index (χ3n) is 12.0. The molecule has 334 valence electrons. The van der Waals surface area contributed by atoms with Gasteiger partial charge in [-0.1, -0.05) is 60.2 Å². The average Bonchev–Trinajstić information content (AvgIpc) is 3.36. The zero-order valence-electron chi connectivity index (χ0n) is 36.1. The minimum Gasteiger partial charge on any atom is -0.392 e. The summed E-state index contributed by atoms with van der Waals surface area (Å²) in [6.45, 7) is 5.83. The fourth-order valence-electron chi connectivity index (χ4n) is 8.14. The van der Waals surface area contributed by atoms with Crippen LogP contribution in [0.15, 0.2) is 103 Å². The predicted octanol–water partition coefficient (Wildman–Crippen LogP) is 4.29. The van der Waals surface area contributed by atoms with Crippen LogP contribution < -0.4 is 21.3 Å². The van der Waals surface area contributed by atoms with Crippen molar-refractivity contribution in [2.24, 2.45) is 0 Å². The molecule has 7 aromatic rings. The fourth-order valence-corrected chi connectivity index (χ4v) is 8.14. The molecule has 0 atom stereocenters. The van der Waals surface area contributed by atoms with Gasteiger partial charge in [0, 0.05) is 74.3 Å². The first-order valence-corrected chi connectivity index (χ1v) is 21.5. The lowest BCUT2D eigenvalue weighted by atomic mass is 10.0. The molecule has 5 aromatic carbocycles. The molecule has 9 rings (SSSR count). The summed E-state index contributed by atoms with van der Waals surface area (Å²) in [5.74, 6) is 1.68. The van der Waals surface area contributed by atoms with E-state index in [1.807, 2.05) is 105 Å². The van der Waals surface area contributed by atoms with Crippen molar-refractivity contribution >= 4 is 57.2 Å². The molecule has 0 aliphatic carbocycles. The lowest BCUT2D eigenvalue weighted by molar-refractivity contribution is 0.0739. The molecule has 65 heavy (non-hydrogen) atoms. The molecule has 2 aromatic heterocycles. The van der Waals surface area contributed by atoms with Crippen molar-refractivity contribution in [2.45, 2.75) is 33.4 Å². The van der Waals surface area contributed by atoms with Crippen LogP contribution in [0.3, 0.4) is 0 Å².